The molecule has 0 radical (unpaired) electrons. The van der Waals surface area contributed by atoms with Crippen LogP contribution >= 0.6 is 0 Å². The van der Waals surface area contributed by atoms with Gasteiger partial charge in [-0.15, -0.1) is 0 Å². The van der Waals surface area contributed by atoms with Gasteiger partial charge in [-0.1, -0.05) is 25.7 Å². The summed E-state index contributed by atoms with van der Waals surface area (Å²) in [4.78, 5) is 11.9. The van der Waals surface area contributed by atoms with Gasteiger partial charge in [0.1, 0.15) is 0 Å². The fourth-order valence-electron chi connectivity index (χ4n) is 3.37. The van der Waals surface area contributed by atoms with Crippen LogP contribution in [0.25, 0.3) is 0 Å². The fraction of sp³-hybridized carbons (Fsp3) is 0.938. The van der Waals surface area contributed by atoms with Crippen molar-refractivity contribution in [2.75, 3.05) is 19.7 Å². The van der Waals surface area contributed by atoms with E-state index in [9.17, 15) is 9.90 Å². The van der Waals surface area contributed by atoms with Crippen molar-refractivity contribution in [2.24, 2.45) is 11.8 Å². The molecule has 1 unspecified atom stereocenters. The van der Waals surface area contributed by atoms with Gasteiger partial charge < -0.3 is 15.7 Å². The first-order valence-electron chi connectivity index (χ1n) is 8.26. The summed E-state index contributed by atoms with van der Waals surface area (Å²) in [5.41, 5.74) is -0.311. The molecule has 0 spiro atoms. The van der Waals surface area contributed by atoms with Gasteiger partial charge in [0, 0.05) is 12.1 Å². The standard InChI is InChI=1S/C16H30N2O2/c1-16(12-19,14-8-3-2-4-9-14)18-11-15(20)17-10-13-6-5-7-13/h13-14,18-19H,2-12H2,1H3,(H,17,20). The summed E-state index contributed by atoms with van der Waals surface area (Å²) in [6.45, 7) is 3.30. The number of carbonyl (C=O) groups is 1. The normalized spacial score (nSPS) is 23.9. The van der Waals surface area contributed by atoms with Crippen LogP contribution in [-0.2, 0) is 4.79 Å². The molecule has 4 nitrogen and oxygen atoms in total. The Labute approximate surface area is 122 Å². The molecular formula is C16H30N2O2. The van der Waals surface area contributed by atoms with Crippen LogP contribution in [0.2, 0.25) is 0 Å². The summed E-state index contributed by atoms with van der Waals surface area (Å²) >= 11 is 0. The van der Waals surface area contributed by atoms with Gasteiger partial charge >= 0.3 is 0 Å². The minimum absolute atomic E-state index is 0.0624. The van der Waals surface area contributed by atoms with Gasteiger partial charge in [0.25, 0.3) is 0 Å². The molecule has 2 rings (SSSR count). The maximum absolute atomic E-state index is 11.9. The summed E-state index contributed by atoms with van der Waals surface area (Å²) in [5, 5.41) is 16.0. The highest BCUT2D eigenvalue weighted by molar-refractivity contribution is 5.78. The molecule has 0 saturated heterocycles. The maximum atomic E-state index is 11.9. The monoisotopic (exact) mass is 282 g/mol. The van der Waals surface area contributed by atoms with Crippen molar-refractivity contribution in [3.05, 3.63) is 0 Å². The summed E-state index contributed by atoms with van der Waals surface area (Å²) in [5.74, 6) is 1.24. The number of aliphatic hydroxyl groups excluding tert-OH is 1. The van der Waals surface area contributed by atoms with Crippen molar-refractivity contribution in [2.45, 2.75) is 63.8 Å². The average molecular weight is 282 g/mol. The molecule has 4 heteroatoms. The number of rotatable bonds is 7. The highest BCUT2D eigenvalue weighted by atomic mass is 16.3. The molecule has 1 atom stereocenters. The second kappa shape index (κ2) is 7.41. The molecule has 0 aromatic carbocycles. The smallest absolute Gasteiger partial charge is 0.233 e. The molecule has 0 aromatic heterocycles. The predicted octanol–water partition coefficient (Wildman–Crippen LogP) is 1.82. The van der Waals surface area contributed by atoms with Gasteiger partial charge in [0.2, 0.25) is 5.91 Å². The number of carbonyl (C=O) groups excluding carboxylic acids is 1. The first-order chi connectivity index (χ1) is 9.64. The van der Waals surface area contributed by atoms with Crippen molar-refractivity contribution in [1.29, 1.82) is 0 Å². The zero-order chi connectivity index (χ0) is 14.4. The molecule has 1 amide bonds. The largest absolute Gasteiger partial charge is 0.394 e. The molecule has 0 bridgehead atoms. The Kier molecular flexibility index (Phi) is 5.85. The lowest BCUT2D eigenvalue weighted by molar-refractivity contribution is -0.121. The Balaban J connectivity index is 1.72. The topological polar surface area (TPSA) is 61.4 Å². The van der Waals surface area contributed by atoms with Crippen molar-refractivity contribution in [1.82, 2.24) is 10.6 Å². The SMILES string of the molecule is CC(CO)(NCC(=O)NCC1CCC1)C1CCCCC1. The van der Waals surface area contributed by atoms with E-state index in [-0.39, 0.29) is 18.1 Å². The van der Waals surface area contributed by atoms with Crippen LogP contribution in [-0.4, -0.2) is 36.2 Å². The van der Waals surface area contributed by atoms with E-state index in [2.05, 4.69) is 17.6 Å². The maximum Gasteiger partial charge on any atom is 0.233 e. The molecule has 0 aromatic rings. The van der Waals surface area contributed by atoms with Gasteiger partial charge in [-0.25, -0.2) is 0 Å². The zero-order valence-electron chi connectivity index (χ0n) is 12.8. The predicted molar refractivity (Wildman–Crippen MR) is 80.4 cm³/mol. The van der Waals surface area contributed by atoms with Gasteiger partial charge in [-0.3, -0.25) is 4.79 Å². The van der Waals surface area contributed by atoms with E-state index in [1.54, 1.807) is 0 Å². The van der Waals surface area contributed by atoms with Crippen LogP contribution in [0.1, 0.15) is 58.3 Å². The zero-order valence-corrected chi connectivity index (χ0v) is 12.8. The molecule has 2 aliphatic carbocycles. The van der Waals surface area contributed by atoms with Crippen molar-refractivity contribution >= 4 is 5.91 Å². The second-order valence-electron chi connectivity index (χ2n) is 6.87. The highest BCUT2D eigenvalue weighted by Crippen LogP contribution is 2.32. The Hall–Kier alpha value is -0.610. The summed E-state index contributed by atoms with van der Waals surface area (Å²) in [7, 11) is 0. The third kappa shape index (κ3) is 4.19. The van der Waals surface area contributed by atoms with E-state index in [4.69, 9.17) is 0 Å². The summed E-state index contributed by atoms with van der Waals surface area (Å²) in [6.07, 6.45) is 9.93. The Morgan fingerprint density at radius 3 is 2.40 bits per heavy atom. The molecular weight excluding hydrogens is 252 g/mol. The van der Waals surface area contributed by atoms with Crippen LogP contribution in [0.15, 0.2) is 0 Å². The molecule has 2 saturated carbocycles. The minimum atomic E-state index is -0.311. The Bertz CT molecular complexity index is 312. The van der Waals surface area contributed by atoms with Crippen molar-refractivity contribution < 1.29 is 9.90 Å². The van der Waals surface area contributed by atoms with E-state index in [0.29, 0.717) is 18.4 Å². The van der Waals surface area contributed by atoms with Crippen LogP contribution in [0.4, 0.5) is 0 Å². The third-order valence-electron chi connectivity index (χ3n) is 5.30. The van der Waals surface area contributed by atoms with Crippen molar-refractivity contribution in [3.63, 3.8) is 0 Å². The number of hydrogen-bond donors (Lipinski definition) is 3. The lowest BCUT2D eigenvalue weighted by atomic mass is 9.76. The van der Waals surface area contributed by atoms with E-state index in [1.807, 2.05) is 0 Å². The first kappa shape index (κ1) is 15.8. The molecule has 0 aliphatic heterocycles. The Morgan fingerprint density at radius 2 is 1.85 bits per heavy atom. The molecule has 2 fully saturated rings. The number of nitrogens with one attached hydrogen (secondary N) is 2. The van der Waals surface area contributed by atoms with Crippen LogP contribution in [0.3, 0.4) is 0 Å². The van der Waals surface area contributed by atoms with Gasteiger partial charge in [-0.2, -0.15) is 0 Å². The van der Waals surface area contributed by atoms with E-state index >= 15 is 0 Å². The highest BCUT2D eigenvalue weighted by Gasteiger charge is 2.34. The fourth-order valence-corrected chi connectivity index (χ4v) is 3.37. The third-order valence-corrected chi connectivity index (χ3v) is 5.30. The van der Waals surface area contributed by atoms with Gasteiger partial charge in [-0.05, 0) is 44.4 Å². The molecule has 0 heterocycles. The second-order valence-corrected chi connectivity index (χ2v) is 6.87. The molecule has 3 N–H and O–H groups in total. The van der Waals surface area contributed by atoms with Crippen LogP contribution in [0.5, 0.6) is 0 Å². The Morgan fingerprint density at radius 1 is 1.15 bits per heavy atom. The summed E-state index contributed by atoms with van der Waals surface area (Å²) < 4.78 is 0. The van der Waals surface area contributed by atoms with Crippen molar-refractivity contribution in [3.8, 4) is 0 Å². The molecule has 20 heavy (non-hydrogen) atoms. The van der Waals surface area contributed by atoms with Crippen LogP contribution < -0.4 is 10.6 Å². The molecule has 2 aliphatic rings. The number of aliphatic hydroxyl groups is 1. The summed E-state index contributed by atoms with van der Waals surface area (Å²) in [6, 6.07) is 0. The average Bonchev–Trinajstić information content (AvgIpc) is 2.44. The van der Waals surface area contributed by atoms with Crippen LogP contribution in [0, 0.1) is 11.8 Å². The van der Waals surface area contributed by atoms with E-state index < -0.39 is 0 Å². The van der Waals surface area contributed by atoms with Gasteiger partial charge in [0.05, 0.1) is 13.2 Å². The lowest BCUT2D eigenvalue weighted by Crippen LogP contribution is -2.55. The first-order valence-corrected chi connectivity index (χ1v) is 8.26. The van der Waals surface area contributed by atoms with E-state index in [0.717, 1.165) is 19.4 Å². The quantitative estimate of drug-likeness (QED) is 0.667. The number of amides is 1. The molecule has 116 valence electrons. The number of hydrogen-bond acceptors (Lipinski definition) is 3. The van der Waals surface area contributed by atoms with E-state index in [1.165, 1.54) is 38.5 Å². The lowest BCUT2D eigenvalue weighted by Gasteiger charge is -2.39. The minimum Gasteiger partial charge on any atom is -0.394 e. The van der Waals surface area contributed by atoms with Gasteiger partial charge in [0.15, 0.2) is 0 Å².